The third-order valence-corrected chi connectivity index (χ3v) is 3.38. The Labute approximate surface area is 116 Å². The predicted molar refractivity (Wildman–Crippen MR) is 72.3 cm³/mol. The molecule has 0 aliphatic rings. The summed E-state index contributed by atoms with van der Waals surface area (Å²) in [5.74, 6) is 1.31. The van der Waals surface area contributed by atoms with Gasteiger partial charge in [-0.3, -0.25) is 0 Å². The van der Waals surface area contributed by atoms with Gasteiger partial charge >= 0.3 is 0 Å². The maximum atomic E-state index is 5.12. The molecule has 5 heteroatoms. The summed E-state index contributed by atoms with van der Waals surface area (Å²) in [5.41, 5.74) is 0. The number of hydrogen-bond acceptors (Lipinski definition) is 5. The zero-order chi connectivity index (χ0) is 13.5. The number of para-hydroxylation sites is 2. The Morgan fingerprint density at radius 3 is 1.53 bits per heavy atom. The third kappa shape index (κ3) is 3.64. The zero-order valence-corrected chi connectivity index (χ0v) is 11.5. The highest BCUT2D eigenvalue weighted by atomic mass is 32.2. The normalized spacial score (nSPS) is 10.2. The Morgan fingerprint density at radius 2 is 1.11 bits per heavy atom. The summed E-state index contributed by atoms with van der Waals surface area (Å²) >= 11 is 1.51. The molecule has 100 valence electrons. The molecule has 4 nitrogen and oxygen atoms in total. The monoisotopic (exact) mass is 278 g/mol. The van der Waals surface area contributed by atoms with E-state index in [1.54, 1.807) is 0 Å². The van der Waals surface area contributed by atoms with Crippen molar-refractivity contribution in [1.82, 2.24) is 0 Å². The van der Waals surface area contributed by atoms with Crippen LogP contribution in [0.5, 0.6) is 11.5 Å². The minimum absolute atomic E-state index is 0.655. The molecule has 0 aliphatic carbocycles. The zero-order valence-electron chi connectivity index (χ0n) is 10.7. The van der Waals surface area contributed by atoms with Gasteiger partial charge in [0.15, 0.2) is 11.5 Å². The summed E-state index contributed by atoms with van der Waals surface area (Å²) in [5, 5.41) is 0. The SMILES string of the molecule is COOc1ccccc1Sc1ccccc1OOC. The van der Waals surface area contributed by atoms with Crippen molar-refractivity contribution >= 4 is 11.8 Å². The van der Waals surface area contributed by atoms with E-state index >= 15 is 0 Å². The van der Waals surface area contributed by atoms with Crippen LogP contribution in [-0.2, 0) is 9.78 Å². The quantitative estimate of drug-likeness (QED) is 0.594. The van der Waals surface area contributed by atoms with Crippen LogP contribution in [0.25, 0.3) is 0 Å². The molecule has 0 bridgehead atoms. The number of rotatable bonds is 6. The van der Waals surface area contributed by atoms with Gasteiger partial charge in [0, 0.05) is 0 Å². The number of benzene rings is 2. The molecule has 0 amide bonds. The average Bonchev–Trinajstić information content (AvgIpc) is 2.44. The van der Waals surface area contributed by atoms with Gasteiger partial charge in [0.2, 0.25) is 0 Å². The van der Waals surface area contributed by atoms with Crippen molar-refractivity contribution < 1.29 is 19.6 Å². The topological polar surface area (TPSA) is 36.9 Å². The fourth-order valence-electron chi connectivity index (χ4n) is 1.50. The maximum absolute atomic E-state index is 5.12. The van der Waals surface area contributed by atoms with Crippen LogP contribution in [0.1, 0.15) is 0 Å². The van der Waals surface area contributed by atoms with E-state index in [0.717, 1.165) is 9.79 Å². The van der Waals surface area contributed by atoms with Crippen LogP contribution in [0.15, 0.2) is 58.3 Å². The second kappa shape index (κ2) is 7.04. The van der Waals surface area contributed by atoms with E-state index in [-0.39, 0.29) is 0 Å². The van der Waals surface area contributed by atoms with E-state index in [1.807, 2.05) is 48.5 Å². The van der Waals surface area contributed by atoms with E-state index in [9.17, 15) is 0 Å². The van der Waals surface area contributed by atoms with Crippen LogP contribution < -0.4 is 9.78 Å². The second-order valence-electron chi connectivity index (χ2n) is 3.50. The summed E-state index contributed by atoms with van der Waals surface area (Å²) in [4.78, 5) is 21.5. The fourth-order valence-corrected chi connectivity index (χ4v) is 2.44. The van der Waals surface area contributed by atoms with Gasteiger partial charge in [-0.25, -0.2) is 0 Å². The molecule has 0 heterocycles. The molecule has 0 spiro atoms. The first-order chi connectivity index (χ1) is 9.35. The molecule has 0 saturated carbocycles. The molecule has 0 radical (unpaired) electrons. The summed E-state index contributed by atoms with van der Waals surface area (Å²) in [6, 6.07) is 15.2. The van der Waals surface area contributed by atoms with Gasteiger partial charge in [-0.05, 0) is 24.3 Å². The molecular formula is C14H14O4S. The molecule has 2 rings (SSSR count). The molecule has 19 heavy (non-hydrogen) atoms. The van der Waals surface area contributed by atoms with Crippen LogP contribution in [0.3, 0.4) is 0 Å². The highest BCUT2D eigenvalue weighted by molar-refractivity contribution is 7.99. The predicted octanol–water partition coefficient (Wildman–Crippen LogP) is 3.72. The minimum atomic E-state index is 0.655. The molecule has 0 aliphatic heterocycles. The van der Waals surface area contributed by atoms with Crippen molar-refractivity contribution in [1.29, 1.82) is 0 Å². The first-order valence-electron chi connectivity index (χ1n) is 5.62. The highest BCUT2D eigenvalue weighted by Crippen LogP contribution is 2.39. The third-order valence-electron chi connectivity index (χ3n) is 2.26. The molecule has 2 aromatic rings. The van der Waals surface area contributed by atoms with Gasteiger partial charge in [0.1, 0.15) is 0 Å². The fraction of sp³-hybridized carbons (Fsp3) is 0.143. The van der Waals surface area contributed by atoms with Crippen molar-refractivity contribution in [2.45, 2.75) is 9.79 Å². The molecule has 0 aromatic heterocycles. The Bertz CT molecular complexity index is 483. The molecule has 0 unspecified atom stereocenters. The van der Waals surface area contributed by atoms with Gasteiger partial charge < -0.3 is 9.78 Å². The van der Waals surface area contributed by atoms with Crippen molar-refractivity contribution in [2.24, 2.45) is 0 Å². The Balaban J connectivity index is 2.25. The van der Waals surface area contributed by atoms with E-state index < -0.39 is 0 Å². The molecule has 0 N–H and O–H groups in total. The summed E-state index contributed by atoms with van der Waals surface area (Å²) < 4.78 is 0. The van der Waals surface area contributed by atoms with E-state index in [2.05, 4.69) is 0 Å². The largest absolute Gasteiger partial charge is 0.337 e. The lowest BCUT2D eigenvalue weighted by molar-refractivity contribution is -0.180. The average molecular weight is 278 g/mol. The van der Waals surface area contributed by atoms with Crippen LogP contribution in [0.2, 0.25) is 0 Å². The van der Waals surface area contributed by atoms with E-state index in [1.165, 1.54) is 26.0 Å². The van der Waals surface area contributed by atoms with Crippen molar-refractivity contribution in [3.8, 4) is 11.5 Å². The lowest BCUT2D eigenvalue weighted by Crippen LogP contribution is -1.94. The molecular weight excluding hydrogens is 264 g/mol. The van der Waals surface area contributed by atoms with Crippen molar-refractivity contribution in [3.05, 3.63) is 48.5 Å². The van der Waals surface area contributed by atoms with Gasteiger partial charge in [-0.15, -0.1) is 0 Å². The summed E-state index contributed by atoms with van der Waals surface area (Å²) in [7, 11) is 2.95. The van der Waals surface area contributed by atoms with Crippen LogP contribution >= 0.6 is 11.8 Å². The lowest BCUT2D eigenvalue weighted by atomic mass is 10.3. The Hall–Kier alpha value is -1.69. The smallest absolute Gasteiger partial charge is 0.179 e. The summed E-state index contributed by atoms with van der Waals surface area (Å²) in [6.45, 7) is 0. The van der Waals surface area contributed by atoms with Crippen molar-refractivity contribution in [2.75, 3.05) is 14.2 Å². The van der Waals surface area contributed by atoms with Gasteiger partial charge in [0.25, 0.3) is 0 Å². The highest BCUT2D eigenvalue weighted by Gasteiger charge is 2.10. The Morgan fingerprint density at radius 1 is 0.684 bits per heavy atom. The van der Waals surface area contributed by atoms with Gasteiger partial charge in [0.05, 0.1) is 24.0 Å². The first kappa shape index (κ1) is 13.7. The van der Waals surface area contributed by atoms with E-state index in [4.69, 9.17) is 19.6 Å². The van der Waals surface area contributed by atoms with Crippen molar-refractivity contribution in [3.63, 3.8) is 0 Å². The molecule has 2 aromatic carbocycles. The Kier molecular flexibility index (Phi) is 5.09. The lowest BCUT2D eigenvalue weighted by Gasteiger charge is -2.10. The van der Waals surface area contributed by atoms with E-state index in [0.29, 0.717) is 11.5 Å². The number of hydrogen-bond donors (Lipinski definition) is 0. The van der Waals surface area contributed by atoms with Crippen LogP contribution in [0, 0.1) is 0 Å². The van der Waals surface area contributed by atoms with Gasteiger partial charge in [-0.1, -0.05) is 36.0 Å². The van der Waals surface area contributed by atoms with Gasteiger partial charge in [-0.2, -0.15) is 9.78 Å². The first-order valence-corrected chi connectivity index (χ1v) is 6.44. The second-order valence-corrected chi connectivity index (χ2v) is 4.58. The summed E-state index contributed by atoms with van der Waals surface area (Å²) in [6.07, 6.45) is 0. The molecule has 0 fully saturated rings. The molecule has 0 saturated heterocycles. The standard InChI is InChI=1S/C14H14O4S/c1-15-17-11-7-3-5-9-13(11)19-14-10-6-4-8-12(14)18-16-2/h3-10H,1-2H3. The van der Waals surface area contributed by atoms with Crippen LogP contribution in [-0.4, -0.2) is 14.2 Å². The maximum Gasteiger partial charge on any atom is 0.179 e. The van der Waals surface area contributed by atoms with Crippen LogP contribution in [0.4, 0.5) is 0 Å². The molecule has 0 atom stereocenters. The minimum Gasteiger partial charge on any atom is -0.337 e.